The average Bonchev–Trinajstić information content (AvgIpc) is 2.98. The van der Waals surface area contributed by atoms with Gasteiger partial charge in [-0.15, -0.1) is 0 Å². The largest absolute Gasteiger partial charge is 0.356 e. The van der Waals surface area contributed by atoms with Crippen molar-refractivity contribution in [2.24, 2.45) is 0 Å². The van der Waals surface area contributed by atoms with Gasteiger partial charge in [0.25, 0.3) is 5.91 Å². The first-order valence-corrected chi connectivity index (χ1v) is 11.1. The van der Waals surface area contributed by atoms with Crippen LogP contribution in [0.5, 0.6) is 0 Å². The first-order valence-electron chi connectivity index (χ1n) is 11.1. The molecule has 2 N–H and O–H groups in total. The van der Waals surface area contributed by atoms with E-state index in [1.807, 2.05) is 12.1 Å². The Morgan fingerprint density at radius 1 is 1.09 bits per heavy atom. The number of hydrogen-bond acceptors (Lipinski definition) is 4. The van der Waals surface area contributed by atoms with Crippen molar-refractivity contribution in [3.8, 4) is 0 Å². The van der Waals surface area contributed by atoms with Crippen LogP contribution in [0.4, 0.5) is 9.18 Å². The standard InChI is InChI=1S/C26H30FN3O4/c1-16(31)28-13-12-17-6-7-18(14-21(17)27)22(32)15-30-23(33)26(5,29-24(30)34)20-10-8-19(9-11-20)25(2,3)4/h6-11,14H,12-13,15H2,1-5H3,(H,28,31)(H,29,34). The number of rotatable bonds is 7. The second kappa shape index (κ2) is 9.37. The Morgan fingerprint density at radius 3 is 2.29 bits per heavy atom. The number of ketones is 1. The van der Waals surface area contributed by atoms with Gasteiger partial charge in [0.05, 0.1) is 6.54 Å². The summed E-state index contributed by atoms with van der Waals surface area (Å²) in [6, 6.07) is 10.8. The molecule has 1 aliphatic heterocycles. The van der Waals surface area contributed by atoms with E-state index >= 15 is 0 Å². The van der Waals surface area contributed by atoms with E-state index in [9.17, 15) is 23.6 Å². The van der Waals surface area contributed by atoms with Gasteiger partial charge in [0, 0.05) is 19.0 Å². The molecule has 1 saturated heterocycles. The van der Waals surface area contributed by atoms with Gasteiger partial charge in [-0.2, -0.15) is 0 Å². The zero-order valence-electron chi connectivity index (χ0n) is 20.1. The molecule has 3 rings (SSSR count). The monoisotopic (exact) mass is 467 g/mol. The predicted octanol–water partition coefficient (Wildman–Crippen LogP) is 3.45. The molecule has 0 aliphatic carbocycles. The SMILES string of the molecule is CC(=O)NCCc1ccc(C(=O)CN2C(=O)NC(C)(c3ccc(C(C)(C)C)cc3)C2=O)cc1F. The van der Waals surface area contributed by atoms with Gasteiger partial charge in [-0.25, -0.2) is 9.18 Å². The number of carbonyl (C=O) groups excluding carboxylic acids is 4. The zero-order chi connectivity index (χ0) is 25.3. The number of nitrogens with one attached hydrogen (secondary N) is 2. The third-order valence-corrected chi connectivity index (χ3v) is 6.05. The van der Waals surface area contributed by atoms with Gasteiger partial charge in [0.15, 0.2) is 5.78 Å². The minimum Gasteiger partial charge on any atom is -0.356 e. The number of hydrogen-bond donors (Lipinski definition) is 2. The van der Waals surface area contributed by atoms with Crippen molar-refractivity contribution in [2.75, 3.05) is 13.1 Å². The zero-order valence-corrected chi connectivity index (χ0v) is 20.1. The molecular weight excluding hydrogens is 437 g/mol. The van der Waals surface area contributed by atoms with Crippen LogP contribution in [-0.2, 0) is 27.0 Å². The van der Waals surface area contributed by atoms with E-state index in [4.69, 9.17) is 0 Å². The fourth-order valence-electron chi connectivity index (χ4n) is 3.87. The molecule has 0 saturated carbocycles. The van der Waals surface area contributed by atoms with Gasteiger partial charge >= 0.3 is 6.03 Å². The van der Waals surface area contributed by atoms with Crippen molar-refractivity contribution >= 4 is 23.6 Å². The highest BCUT2D eigenvalue weighted by Gasteiger charge is 2.49. The lowest BCUT2D eigenvalue weighted by Gasteiger charge is -2.24. The molecule has 1 fully saturated rings. The third-order valence-electron chi connectivity index (χ3n) is 6.05. The molecule has 0 aromatic heterocycles. The van der Waals surface area contributed by atoms with Gasteiger partial charge in [-0.1, -0.05) is 57.2 Å². The van der Waals surface area contributed by atoms with E-state index in [2.05, 4.69) is 31.4 Å². The Bertz CT molecular complexity index is 1140. The molecule has 180 valence electrons. The summed E-state index contributed by atoms with van der Waals surface area (Å²) in [6.07, 6.45) is 0.277. The number of urea groups is 1. The van der Waals surface area contributed by atoms with E-state index in [-0.39, 0.29) is 29.9 Å². The van der Waals surface area contributed by atoms with Crippen molar-refractivity contribution in [1.29, 1.82) is 0 Å². The minimum absolute atomic E-state index is 0.0597. The number of imide groups is 1. The van der Waals surface area contributed by atoms with Gasteiger partial charge in [-0.05, 0) is 41.5 Å². The maximum atomic E-state index is 14.4. The van der Waals surface area contributed by atoms with Crippen LogP contribution < -0.4 is 10.6 Å². The highest BCUT2D eigenvalue weighted by Crippen LogP contribution is 2.31. The molecule has 4 amide bonds. The van der Waals surface area contributed by atoms with Gasteiger partial charge < -0.3 is 10.6 Å². The smallest absolute Gasteiger partial charge is 0.325 e. The number of nitrogens with zero attached hydrogens (tertiary/aromatic N) is 1. The summed E-state index contributed by atoms with van der Waals surface area (Å²) in [5.41, 5.74) is 0.757. The summed E-state index contributed by atoms with van der Waals surface area (Å²) in [6.45, 7) is 9.00. The van der Waals surface area contributed by atoms with Crippen LogP contribution in [0, 0.1) is 5.82 Å². The van der Waals surface area contributed by atoms with Crippen LogP contribution >= 0.6 is 0 Å². The minimum atomic E-state index is -1.30. The number of amides is 4. The highest BCUT2D eigenvalue weighted by molar-refractivity contribution is 6.11. The molecule has 0 spiro atoms. The average molecular weight is 468 g/mol. The van der Waals surface area contributed by atoms with E-state index < -0.39 is 35.6 Å². The number of benzene rings is 2. The Hall–Kier alpha value is -3.55. The van der Waals surface area contributed by atoms with Crippen molar-refractivity contribution in [1.82, 2.24) is 15.5 Å². The topological polar surface area (TPSA) is 95.6 Å². The Kier molecular flexibility index (Phi) is 6.91. The molecule has 7 nitrogen and oxygen atoms in total. The quantitative estimate of drug-likeness (QED) is 0.482. The van der Waals surface area contributed by atoms with Crippen molar-refractivity contribution in [3.63, 3.8) is 0 Å². The van der Waals surface area contributed by atoms with E-state index in [1.165, 1.54) is 19.1 Å². The Morgan fingerprint density at radius 2 is 1.74 bits per heavy atom. The number of carbonyl (C=O) groups is 4. The molecule has 2 aromatic carbocycles. The molecule has 0 radical (unpaired) electrons. The second-order valence-corrected chi connectivity index (χ2v) is 9.74. The lowest BCUT2D eigenvalue weighted by atomic mass is 9.84. The summed E-state index contributed by atoms with van der Waals surface area (Å²) >= 11 is 0. The molecule has 1 atom stereocenters. The second-order valence-electron chi connectivity index (χ2n) is 9.74. The van der Waals surface area contributed by atoms with Crippen LogP contribution in [0.25, 0.3) is 0 Å². The first-order chi connectivity index (χ1) is 15.8. The Labute approximate surface area is 198 Å². The van der Waals surface area contributed by atoms with Crippen molar-refractivity contribution in [2.45, 2.75) is 52.0 Å². The fraction of sp³-hybridized carbons (Fsp3) is 0.385. The van der Waals surface area contributed by atoms with Gasteiger partial charge in [0.1, 0.15) is 11.4 Å². The van der Waals surface area contributed by atoms with Gasteiger partial charge in [-0.3, -0.25) is 19.3 Å². The molecule has 8 heteroatoms. The lowest BCUT2D eigenvalue weighted by Crippen LogP contribution is -2.41. The Balaban J connectivity index is 1.73. The van der Waals surface area contributed by atoms with Crippen LogP contribution in [0.15, 0.2) is 42.5 Å². The van der Waals surface area contributed by atoms with Crippen molar-refractivity contribution < 1.29 is 23.6 Å². The van der Waals surface area contributed by atoms with Crippen LogP contribution in [0.3, 0.4) is 0 Å². The molecule has 2 aromatic rings. The van der Waals surface area contributed by atoms with E-state index in [0.29, 0.717) is 11.1 Å². The fourth-order valence-corrected chi connectivity index (χ4v) is 3.87. The summed E-state index contributed by atoms with van der Waals surface area (Å²) in [5.74, 6) is -1.89. The van der Waals surface area contributed by atoms with Gasteiger partial charge in [0.2, 0.25) is 5.91 Å². The summed E-state index contributed by atoms with van der Waals surface area (Å²) in [7, 11) is 0. The molecule has 1 unspecified atom stereocenters. The normalized spacial score (nSPS) is 18.1. The maximum absolute atomic E-state index is 14.4. The van der Waals surface area contributed by atoms with Crippen LogP contribution in [0.1, 0.15) is 61.7 Å². The first kappa shape index (κ1) is 25.1. The molecule has 0 bridgehead atoms. The molecule has 34 heavy (non-hydrogen) atoms. The predicted molar refractivity (Wildman–Crippen MR) is 126 cm³/mol. The highest BCUT2D eigenvalue weighted by atomic mass is 19.1. The van der Waals surface area contributed by atoms with Crippen molar-refractivity contribution in [3.05, 3.63) is 70.5 Å². The summed E-state index contributed by atoms with van der Waals surface area (Å²) in [4.78, 5) is 50.3. The van der Waals surface area contributed by atoms with Crippen LogP contribution in [-0.4, -0.2) is 41.6 Å². The molecule has 1 heterocycles. The lowest BCUT2D eigenvalue weighted by molar-refractivity contribution is -0.130. The molecule has 1 aliphatic rings. The third kappa shape index (κ3) is 5.16. The number of Topliss-reactive ketones (excluding diaryl/α,β-unsaturated/α-hetero) is 1. The summed E-state index contributed by atoms with van der Waals surface area (Å²) in [5, 5.41) is 5.28. The molecular formula is C26H30FN3O4. The number of halogens is 1. The van der Waals surface area contributed by atoms with E-state index in [1.54, 1.807) is 19.1 Å². The maximum Gasteiger partial charge on any atom is 0.325 e. The summed E-state index contributed by atoms with van der Waals surface area (Å²) < 4.78 is 14.4. The van der Waals surface area contributed by atoms with Crippen LogP contribution in [0.2, 0.25) is 0 Å². The van der Waals surface area contributed by atoms with E-state index in [0.717, 1.165) is 16.5 Å².